The maximum Gasteiger partial charge on any atom is 0.245 e. The highest BCUT2D eigenvalue weighted by atomic mass is 16.5. The zero-order valence-corrected chi connectivity index (χ0v) is 12.0. The average molecular weight is 292 g/mol. The van der Waals surface area contributed by atoms with Crippen LogP contribution in [0.3, 0.4) is 0 Å². The fourth-order valence-corrected chi connectivity index (χ4v) is 2.39. The molecule has 1 aromatic rings. The van der Waals surface area contributed by atoms with Gasteiger partial charge in [-0.25, -0.2) is 15.8 Å². The number of aromatic nitrogens is 2. The van der Waals surface area contributed by atoms with Gasteiger partial charge in [-0.3, -0.25) is 4.79 Å². The first-order valence-corrected chi connectivity index (χ1v) is 7.14. The SMILES string of the molecule is Cc1nc(NN)cc(N2CCOCC2C(=O)NC2CC2)n1. The maximum absolute atomic E-state index is 12.4. The molecule has 1 aromatic heterocycles. The molecule has 114 valence electrons. The number of nitrogens with two attached hydrogens (primary N) is 1. The number of ether oxygens (including phenoxy) is 1. The zero-order chi connectivity index (χ0) is 14.8. The lowest BCUT2D eigenvalue weighted by molar-refractivity contribution is -0.124. The minimum absolute atomic E-state index is 0.00396. The third-order valence-corrected chi connectivity index (χ3v) is 3.62. The van der Waals surface area contributed by atoms with E-state index in [0.29, 0.717) is 43.3 Å². The molecule has 2 aliphatic rings. The van der Waals surface area contributed by atoms with Crippen molar-refractivity contribution >= 4 is 17.5 Å². The van der Waals surface area contributed by atoms with Gasteiger partial charge in [0.25, 0.3) is 0 Å². The van der Waals surface area contributed by atoms with Crippen molar-refractivity contribution in [2.24, 2.45) is 5.84 Å². The number of nitrogens with zero attached hydrogens (tertiary/aromatic N) is 3. The molecule has 21 heavy (non-hydrogen) atoms. The Balaban J connectivity index is 1.82. The summed E-state index contributed by atoms with van der Waals surface area (Å²) in [4.78, 5) is 22.9. The van der Waals surface area contributed by atoms with Gasteiger partial charge in [0.15, 0.2) is 0 Å². The Bertz CT molecular complexity index is 533. The van der Waals surface area contributed by atoms with Crippen LogP contribution in [-0.4, -0.2) is 47.7 Å². The van der Waals surface area contributed by atoms with Gasteiger partial charge in [0.1, 0.15) is 23.5 Å². The second kappa shape index (κ2) is 5.82. The third kappa shape index (κ3) is 3.22. The maximum atomic E-state index is 12.4. The number of rotatable bonds is 4. The van der Waals surface area contributed by atoms with Gasteiger partial charge in [0, 0.05) is 18.7 Å². The monoisotopic (exact) mass is 292 g/mol. The highest BCUT2D eigenvalue weighted by Gasteiger charge is 2.34. The van der Waals surface area contributed by atoms with E-state index in [1.807, 2.05) is 4.90 Å². The van der Waals surface area contributed by atoms with Gasteiger partial charge in [0.05, 0.1) is 13.2 Å². The fraction of sp³-hybridized carbons (Fsp3) is 0.615. The molecule has 0 spiro atoms. The molecule has 4 N–H and O–H groups in total. The van der Waals surface area contributed by atoms with Gasteiger partial charge >= 0.3 is 0 Å². The van der Waals surface area contributed by atoms with Crippen LogP contribution in [0.1, 0.15) is 18.7 Å². The molecule has 1 atom stereocenters. The Hall–Kier alpha value is -1.93. The van der Waals surface area contributed by atoms with E-state index in [0.717, 1.165) is 12.8 Å². The van der Waals surface area contributed by atoms with E-state index in [2.05, 4.69) is 20.7 Å². The first-order valence-electron chi connectivity index (χ1n) is 7.14. The van der Waals surface area contributed by atoms with Crippen molar-refractivity contribution in [2.75, 3.05) is 30.1 Å². The van der Waals surface area contributed by atoms with Crippen LogP contribution < -0.4 is 21.5 Å². The first-order chi connectivity index (χ1) is 10.2. The molecule has 1 aliphatic carbocycles. The van der Waals surface area contributed by atoms with Crippen molar-refractivity contribution in [3.63, 3.8) is 0 Å². The minimum atomic E-state index is -0.362. The number of nitrogen functional groups attached to an aromatic ring is 1. The molecule has 1 aliphatic heterocycles. The lowest BCUT2D eigenvalue weighted by Crippen LogP contribution is -2.54. The quantitative estimate of drug-likeness (QED) is 0.510. The molecular formula is C13H20N6O2. The van der Waals surface area contributed by atoms with Crippen LogP contribution >= 0.6 is 0 Å². The molecule has 1 saturated heterocycles. The summed E-state index contributed by atoms with van der Waals surface area (Å²) in [7, 11) is 0. The van der Waals surface area contributed by atoms with Crippen LogP contribution in [0.5, 0.6) is 0 Å². The van der Waals surface area contributed by atoms with Crippen molar-refractivity contribution in [3.05, 3.63) is 11.9 Å². The number of hydrogen-bond donors (Lipinski definition) is 3. The molecule has 8 nitrogen and oxygen atoms in total. The highest BCUT2D eigenvalue weighted by molar-refractivity contribution is 5.86. The van der Waals surface area contributed by atoms with Gasteiger partial charge in [0.2, 0.25) is 5.91 Å². The molecule has 0 radical (unpaired) electrons. The van der Waals surface area contributed by atoms with Crippen LogP contribution in [0.2, 0.25) is 0 Å². The zero-order valence-electron chi connectivity index (χ0n) is 12.0. The van der Waals surface area contributed by atoms with Crippen molar-refractivity contribution in [1.82, 2.24) is 15.3 Å². The normalized spacial score (nSPS) is 22.0. The molecule has 1 unspecified atom stereocenters. The van der Waals surface area contributed by atoms with Gasteiger partial charge in [-0.05, 0) is 19.8 Å². The Morgan fingerprint density at radius 2 is 2.29 bits per heavy atom. The number of carbonyl (C=O) groups is 1. The van der Waals surface area contributed by atoms with Gasteiger partial charge in [-0.1, -0.05) is 0 Å². The fourth-order valence-electron chi connectivity index (χ4n) is 2.39. The van der Waals surface area contributed by atoms with E-state index in [1.54, 1.807) is 13.0 Å². The molecule has 1 amide bonds. The summed E-state index contributed by atoms with van der Waals surface area (Å²) in [6.07, 6.45) is 2.13. The van der Waals surface area contributed by atoms with Crippen LogP contribution in [0.15, 0.2) is 6.07 Å². The number of aryl methyl sites for hydroxylation is 1. The third-order valence-electron chi connectivity index (χ3n) is 3.62. The predicted octanol–water partition coefficient (Wildman–Crippen LogP) is -0.446. The highest BCUT2D eigenvalue weighted by Crippen LogP contribution is 2.23. The molecule has 2 fully saturated rings. The lowest BCUT2D eigenvalue weighted by Gasteiger charge is -2.35. The van der Waals surface area contributed by atoms with Crippen LogP contribution in [0.25, 0.3) is 0 Å². The van der Waals surface area contributed by atoms with Crippen molar-refractivity contribution in [2.45, 2.75) is 31.8 Å². The molecule has 8 heteroatoms. The van der Waals surface area contributed by atoms with E-state index in [9.17, 15) is 4.79 Å². The largest absolute Gasteiger partial charge is 0.377 e. The van der Waals surface area contributed by atoms with Crippen LogP contribution in [0, 0.1) is 6.92 Å². The summed E-state index contributed by atoms with van der Waals surface area (Å²) in [6.45, 7) is 3.35. The summed E-state index contributed by atoms with van der Waals surface area (Å²) in [6, 6.07) is 1.71. The number of amides is 1. The van der Waals surface area contributed by atoms with Crippen molar-refractivity contribution in [1.29, 1.82) is 0 Å². The van der Waals surface area contributed by atoms with E-state index in [4.69, 9.17) is 10.6 Å². The molecule has 0 aromatic carbocycles. The lowest BCUT2D eigenvalue weighted by atomic mass is 10.2. The Kier molecular flexibility index (Phi) is 3.89. The summed E-state index contributed by atoms with van der Waals surface area (Å²) >= 11 is 0. The van der Waals surface area contributed by atoms with Gasteiger partial charge in [-0.15, -0.1) is 0 Å². The van der Waals surface area contributed by atoms with E-state index >= 15 is 0 Å². The number of morpholine rings is 1. The molecule has 2 heterocycles. The van der Waals surface area contributed by atoms with Crippen molar-refractivity contribution < 1.29 is 9.53 Å². The molecule has 3 rings (SSSR count). The Morgan fingerprint density at radius 3 is 3.00 bits per heavy atom. The summed E-state index contributed by atoms with van der Waals surface area (Å²) in [5.41, 5.74) is 2.52. The van der Waals surface area contributed by atoms with E-state index in [-0.39, 0.29) is 11.9 Å². The molecule has 1 saturated carbocycles. The first kappa shape index (κ1) is 14.0. The number of anilines is 2. The Labute approximate surface area is 123 Å². The standard InChI is InChI=1S/C13H20N6O2/c1-8-15-11(18-14)6-12(16-8)19-4-5-21-7-10(19)13(20)17-9-2-3-9/h6,9-10H,2-5,7,14H2,1H3,(H,17,20)(H,15,16,18). The van der Waals surface area contributed by atoms with E-state index < -0.39 is 0 Å². The number of carbonyl (C=O) groups excluding carboxylic acids is 1. The van der Waals surface area contributed by atoms with Crippen LogP contribution in [-0.2, 0) is 9.53 Å². The smallest absolute Gasteiger partial charge is 0.245 e. The second-order valence-corrected chi connectivity index (χ2v) is 5.37. The van der Waals surface area contributed by atoms with Gasteiger partial charge < -0.3 is 20.4 Å². The summed E-state index contributed by atoms with van der Waals surface area (Å²) < 4.78 is 5.46. The number of hydrogen-bond acceptors (Lipinski definition) is 7. The predicted molar refractivity (Wildman–Crippen MR) is 77.7 cm³/mol. The average Bonchev–Trinajstić information content (AvgIpc) is 3.30. The minimum Gasteiger partial charge on any atom is -0.377 e. The topological polar surface area (TPSA) is 105 Å². The number of nitrogens with one attached hydrogen (secondary N) is 2. The number of hydrazine groups is 1. The summed E-state index contributed by atoms with van der Waals surface area (Å²) in [5, 5.41) is 3.02. The Morgan fingerprint density at radius 1 is 1.48 bits per heavy atom. The molecule has 0 bridgehead atoms. The van der Waals surface area contributed by atoms with E-state index in [1.165, 1.54) is 0 Å². The second-order valence-electron chi connectivity index (χ2n) is 5.37. The van der Waals surface area contributed by atoms with Gasteiger partial charge in [-0.2, -0.15) is 0 Å². The van der Waals surface area contributed by atoms with Crippen molar-refractivity contribution in [3.8, 4) is 0 Å². The molecular weight excluding hydrogens is 272 g/mol. The van der Waals surface area contributed by atoms with Crippen LogP contribution in [0.4, 0.5) is 11.6 Å². The summed E-state index contributed by atoms with van der Waals surface area (Å²) in [5.74, 6) is 7.25.